The van der Waals surface area contributed by atoms with Crippen LogP contribution in [0.25, 0.3) is 23.1 Å². The third-order valence-corrected chi connectivity index (χ3v) is 2.90. The van der Waals surface area contributed by atoms with Gasteiger partial charge < -0.3 is 0 Å². The molecule has 0 saturated carbocycles. The minimum atomic E-state index is -0.416. The molecule has 98 valence electrons. The second-order valence-corrected chi connectivity index (χ2v) is 4.22. The first-order chi connectivity index (χ1) is 9.74. The summed E-state index contributed by atoms with van der Waals surface area (Å²) in [4.78, 5) is 14.4. The van der Waals surface area contributed by atoms with Gasteiger partial charge in [0.25, 0.3) is 5.69 Å². The number of aromatic nitrogens is 3. The molecule has 3 aromatic rings. The van der Waals surface area contributed by atoms with E-state index >= 15 is 0 Å². The zero-order chi connectivity index (χ0) is 13.9. The van der Waals surface area contributed by atoms with Crippen molar-refractivity contribution in [1.82, 2.24) is 15.2 Å². The summed E-state index contributed by atoms with van der Waals surface area (Å²) in [5.41, 5.74) is 2.41. The lowest BCUT2D eigenvalue weighted by Crippen LogP contribution is -1.86. The van der Waals surface area contributed by atoms with Crippen molar-refractivity contribution in [3.05, 3.63) is 64.1 Å². The van der Waals surface area contributed by atoms with Crippen LogP contribution in [0.1, 0.15) is 11.3 Å². The van der Waals surface area contributed by atoms with E-state index in [0.717, 1.165) is 16.5 Å². The minimum Gasteiger partial charge on any atom is -0.277 e. The molecule has 6 heteroatoms. The summed E-state index contributed by atoms with van der Waals surface area (Å²) in [5, 5.41) is 18.5. The average Bonchev–Trinajstić information content (AvgIpc) is 2.88. The molecule has 6 nitrogen and oxygen atoms in total. The predicted octanol–water partition coefficient (Wildman–Crippen LogP) is 3.04. The van der Waals surface area contributed by atoms with Gasteiger partial charge in [0, 0.05) is 29.9 Å². The van der Waals surface area contributed by atoms with E-state index in [1.54, 1.807) is 24.5 Å². The quantitative estimate of drug-likeness (QED) is 0.583. The lowest BCUT2D eigenvalue weighted by molar-refractivity contribution is -0.384. The number of nitrogens with one attached hydrogen (secondary N) is 1. The van der Waals surface area contributed by atoms with Gasteiger partial charge in [-0.2, -0.15) is 5.10 Å². The molecule has 0 aliphatic rings. The molecule has 0 amide bonds. The van der Waals surface area contributed by atoms with E-state index in [-0.39, 0.29) is 5.69 Å². The van der Waals surface area contributed by atoms with E-state index in [2.05, 4.69) is 15.2 Å². The van der Waals surface area contributed by atoms with Crippen LogP contribution >= 0.6 is 0 Å². The van der Waals surface area contributed by atoms with Crippen molar-refractivity contribution < 1.29 is 4.92 Å². The van der Waals surface area contributed by atoms with Gasteiger partial charge in [-0.1, -0.05) is 12.1 Å². The zero-order valence-corrected chi connectivity index (χ0v) is 10.4. The summed E-state index contributed by atoms with van der Waals surface area (Å²) >= 11 is 0. The molecule has 0 aliphatic heterocycles. The topological polar surface area (TPSA) is 84.7 Å². The summed E-state index contributed by atoms with van der Waals surface area (Å²) in [6.45, 7) is 0. The molecular weight excluding hydrogens is 256 g/mol. The van der Waals surface area contributed by atoms with Gasteiger partial charge in [0.05, 0.1) is 16.1 Å². The van der Waals surface area contributed by atoms with Crippen molar-refractivity contribution in [2.45, 2.75) is 0 Å². The Balaban J connectivity index is 2.01. The second kappa shape index (κ2) is 4.93. The van der Waals surface area contributed by atoms with Gasteiger partial charge in [-0.05, 0) is 23.8 Å². The number of pyridine rings is 1. The van der Waals surface area contributed by atoms with Gasteiger partial charge in [0.2, 0.25) is 0 Å². The highest BCUT2D eigenvalue weighted by Gasteiger charge is 2.09. The zero-order valence-electron chi connectivity index (χ0n) is 10.4. The van der Waals surface area contributed by atoms with Crippen LogP contribution in [0.3, 0.4) is 0 Å². The number of H-pyrrole nitrogens is 1. The van der Waals surface area contributed by atoms with Gasteiger partial charge in [-0.3, -0.25) is 20.2 Å². The van der Waals surface area contributed by atoms with Crippen LogP contribution in [0.2, 0.25) is 0 Å². The lowest BCUT2D eigenvalue weighted by Gasteiger charge is -1.93. The number of fused-ring (bicyclic) bond motifs is 1. The van der Waals surface area contributed by atoms with E-state index in [1.807, 2.05) is 18.2 Å². The Labute approximate surface area is 113 Å². The molecule has 0 fully saturated rings. The van der Waals surface area contributed by atoms with Gasteiger partial charge in [0.15, 0.2) is 0 Å². The van der Waals surface area contributed by atoms with E-state index in [0.29, 0.717) is 5.69 Å². The van der Waals surface area contributed by atoms with E-state index in [9.17, 15) is 10.1 Å². The van der Waals surface area contributed by atoms with Crippen molar-refractivity contribution in [1.29, 1.82) is 0 Å². The van der Waals surface area contributed by atoms with E-state index in [4.69, 9.17) is 0 Å². The second-order valence-electron chi connectivity index (χ2n) is 4.22. The molecule has 0 bridgehead atoms. The number of rotatable bonds is 3. The number of hydrogen-bond donors (Lipinski definition) is 1. The molecule has 0 unspecified atom stereocenters. The van der Waals surface area contributed by atoms with Crippen LogP contribution in [0, 0.1) is 10.1 Å². The highest BCUT2D eigenvalue weighted by Crippen LogP contribution is 2.23. The molecule has 1 aromatic carbocycles. The van der Waals surface area contributed by atoms with Crippen LogP contribution in [-0.2, 0) is 0 Å². The van der Waals surface area contributed by atoms with Crippen LogP contribution < -0.4 is 0 Å². The normalized spacial score (nSPS) is 11.2. The number of nitrogens with zero attached hydrogens (tertiary/aromatic N) is 3. The Kier molecular flexibility index (Phi) is 2.96. The Bertz CT molecular complexity index is 793. The molecule has 2 aromatic heterocycles. The summed E-state index contributed by atoms with van der Waals surface area (Å²) in [7, 11) is 0. The van der Waals surface area contributed by atoms with Crippen molar-refractivity contribution >= 4 is 28.7 Å². The Morgan fingerprint density at radius 2 is 2.15 bits per heavy atom. The molecule has 3 rings (SSSR count). The number of nitro benzene ring substituents is 1. The first-order valence-electron chi connectivity index (χ1n) is 5.95. The number of benzene rings is 1. The predicted molar refractivity (Wildman–Crippen MR) is 75.9 cm³/mol. The Morgan fingerprint density at radius 3 is 2.90 bits per heavy atom. The summed E-state index contributed by atoms with van der Waals surface area (Å²) in [5.74, 6) is 0. The van der Waals surface area contributed by atoms with Gasteiger partial charge in [-0.25, -0.2) is 0 Å². The van der Waals surface area contributed by atoms with Gasteiger partial charge in [0.1, 0.15) is 0 Å². The standard InChI is InChI=1S/C14H10N4O2/c19-18(20)11-4-6-14-12(8-11)13(16-17-14)5-3-10-2-1-7-15-9-10/h1-9H,(H,16,17). The first-order valence-corrected chi connectivity index (χ1v) is 5.95. The maximum absolute atomic E-state index is 10.8. The number of nitro groups is 1. The molecule has 2 heterocycles. The molecule has 0 spiro atoms. The molecule has 0 radical (unpaired) electrons. The van der Waals surface area contributed by atoms with Gasteiger partial charge >= 0.3 is 0 Å². The van der Waals surface area contributed by atoms with E-state index < -0.39 is 4.92 Å². The molecule has 0 aliphatic carbocycles. The average molecular weight is 266 g/mol. The Morgan fingerprint density at radius 1 is 1.25 bits per heavy atom. The Hall–Kier alpha value is -3.02. The molecular formula is C14H10N4O2. The fourth-order valence-electron chi connectivity index (χ4n) is 1.91. The van der Waals surface area contributed by atoms with Crippen LogP contribution in [0.15, 0.2) is 42.7 Å². The van der Waals surface area contributed by atoms with Crippen molar-refractivity contribution in [2.24, 2.45) is 0 Å². The first kappa shape index (κ1) is 12.0. The third-order valence-electron chi connectivity index (χ3n) is 2.90. The number of hydrogen-bond acceptors (Lipinski definition) is 4. The SMILES string of the molecule is O=[N+]([O-])c1ccc2[nH]nc(C=Cc3cccnc3)c2c1. The van der Waals surface area contributed by atoms with Crippen LogP contribution in [0.4, 0.5) is 5.69 Å². The molecule has 1 N–H and O–H groups in total. The van der Waals surface area contributed by atoms with Crippen LogP contribution in [-0.4, -0.2) is 20.1 Å². The third kappa shape index (κ3) is 2.26. The molecule has 20 heavy (non-hydrogen) atoms. The summed E-state index contributed by atoms with van der Waals surface area (Å²) < 4.78 is 0. The molecule has 0 atom stereocenters. The number of aromatic amines is 1. The minimum absolute atomic E-state index is 0.0509. The fraction of sp³-hybridized carbons (Fsp3) is 0. The largest absolute Gasteiger partial charge is 0.277 e. The van der Waals surface area contributed by atoms with Crippen LogP contribution in [0.5, 0.6) is 0 Å². The van der Waals surface area contributed by atoms with Crippen molar-refractivity contribution in [2.75, 3.05) is 0 Å². The fourth-order valence-corrected chi connectivity index (χ4v) is 1.91. The monoisotopic (exact) mass is 266 g/mol. The smallest absolute Gasteiger partial charge is 0.270 e. The summed E-state index contributed by atoms with van der Waals surface area (Å²) in [6.07, 6.45) is 7.10. The highest BCUT2D eigenvalue weighted by molar-refractivity contribution is 5.90. The van der Waals surface area contributed by atoms with Gasteiger partial charge in [-0.15, -0.1) is 0 Å². The maximum Gasteiger partial charge on any atom is 0.270 e. The van der Waals surface area contributed by atoms with Crippen molar-refractivity contribution in [3.63, 3.8) is 0 Å². The highest BCUT2D eigenvalue weighted by atomic mass is 16.6. The number of non-ortho nitro benzene ring substituents is 1. The maximum atomic E-state index is 10.8. The van der Waals surface area contributed by atoms with Crippen molar-refractivity contribution in [3.8, 4) is 0 Å². The van der Waals surface area contributed by atoms with E-state index in [1.165, 1.54) is 12.1 Å². The lowest BCUT2D eigenvalue weighted by atomic mass is 10.1. The molecule has 0 saturated heterocycles. The summed E-state index contributed by atoms with van der Waals surface area (Å²) in [6, 6.07) is 8.38.